The molecule has 0 aliphatic heterocycles. The van der Waals surface area contributed by atoms with E-state index in [4.69, 9.17) is 9.84 Å². The quantitative estimate of drug-likeness (QED) is 0.666. The van der Waals surface area contributed by atoms with Crippen molar-refractivity contribution >= 4 is 0 Å². The first-order valence-electron chi connectivity index (χ1n) is 7.04. The molecular formula is C13H24F3NO3. The molecule has 7 heteroatoms. The lowest BCUT2D eigenvalue weighted by Crippen LogP contribution is -2.42. The van der Waals surface area contributed by atoms with E-state index in [1.54, 1.807) is 0 Å². The van der Waals surface area contributed by atoms with Crippen LogP contribution in [0.4, 0.5) is 13.2 Å². The van der Waals surface area contributed by atoms with Crippen molar-refractivity contribution in [3.05, 3.63) is 0 Å². The van der Waals surface area contributed by atoms with Crippen molar-refractivity contribution in [2.24, 2.45) is 5.92 Å². The van der Waals surface area contributed by atoms with Gasteiger partial charge in [-0.2, -0.15) is 13.2 Å². The van der Waals surface area contributed by atoms with Crippen LogP contribution in [-0.2, 0) is 4.74 Å². The van der Waals surface area contributed by atoms with Crippen molar-refractivity contribution in [3.8, 4) is 0 Å². The molecule has 1 fully saturated rings. The highest BCUT2D eigenvalue weighted by atomic mass is 19.4. The monoisotopic (exact) mass is 299 g/mol. The van der Waals surface area contributed by atoms with E-state index in [1.165, 1.54) is 6.42 Å². The molecule has 1 aliphatic carbocycles. The molecule has 0 saturated heterocycles. The number of aliphatic hydroxyl groups excluding tert-OH is 2. The third-order valence-corrected chi connectivity index (χ3v) is 3.51. The standard InChI is InChI=1S/C13H24F3NO3/c1-9-3-2-4-11(5-9)20-8-10(18)6-17-7-12(19)13(14,15)16/h9-12,17-19H,2-8H2,1H3. The smallest absolute Gasteiger partial charge is 0.389 e. The molecule has 4 nitrogen and oxygen atoms in total. The van der Waals surface area contributed by atoms with E-state index in [0.717, 1.165) is 19.3 Å². The molecule has 0 radical (unpaired) electrons. The van der Waals surface area contributed by atoms with Crippen LogP contribution in [-0.4, -0.2) is 54.4 Å². The number of hydrogen-bond donors (Lipinski definition) is 3. The van der Waals surface area contributed by atoms with Crippen molar-refractivity contribution in [2.75, 3.05) is 19.7 Å². The second kappa shape index (κ2) is 8.17. The van der Waals surface area contributed by atoms with Gasteiger partial charge in [0.1, 0.15) is 0 Å². The number of nitrogens with one attached hydrogen (secondary N) is 1. The summed E-state index contributed by atoms with van der Waals surface area (Å²) in [6.45, 7) is 1.61. The summed E-state index contributed by atoms with van der Waals surface area (Å²) >= 11 is 0. The molecule has 0 heterocycles. The third kappa shape index (κ3) is 6.88. The van der Waals surface area contributed by atoms with Crippen LogP contribution in [0.2, 0.25) is 0 Å². The van der Waals surface area contributed by atoms with E-state index in [9.17, 15) is 18.3 Å². The summed E-state index contributed by atoms with van der Waals surface area (Å²) in [6.07, 6.45) is -3.54. The summed E-state index contributed by atoms with van der Waals surface area (Å²) in [5, 5.41) is 20.8. The fourth-order valence-electron chi connectivity index (χ4n) is 2.34. The number of rotatable bonds is 7. The maximum Gasteiger partial charge on any atom is 0.415 e. The lowest BCUT2D eigenvalue weighted by atomic mass is 9.89. The summed E-state index contributed by atoms with van der Waals surface area (Å²) in [4.78, 5) is 0. The summed E-state index contributed by atoms with van der Waals surface area (Å²) in [5.74, 6) is 0.617. The Bertz CT molecular complexity index is 276. The molecule has 0 aromatic rings. The van der Waals surface area contributed by atoms with Crippen LogP contribution in [0.25, 0.3) is 0 Å². The van der Waals surface area contributed by atoms with Crippen molar-refractivity contribution in [3.63, 3.8) is 0 Å². The maximum absolute atomic E-state index is 12.0. The second-order valence-corrected chi connectivity index (χ2v) is 5.60. The lowest BCUT2D eigenvalue weighted by molar-refractivity contribution is -0.202. The van der Waals surface area contributed by atoms with E-state index in [0.29, 0.717) is 5.92 Å². The highest BCUT2D eigenvalue weighted by Crippen LogP contribution is 2.25. The number of alkyl halides is 3. The molecule has 1 saturated carbocycles. The average Bonchev–Trinajstić information content (AvgIpc) is 2.35. The number of aliphatic hydroxyl groups is 2. The van der Waals surface area contributed by atoms with Crippen molar-refractivity contribution in [1.29, 1.82) is 0 Å². The van der Waals surface area contributed by atoms with E-state index >= 15 is 0 Å². The Balaban J connectivity index is 2.10. The van der Waals surface area contributed by atoms with Crippen molar-refractivity contribution in [1.82, 2.24) is 5.32 Å². The molecule has 3 N–H and O–H groups in total. The molecule has 0 amide bonds. The van der Waals surface area contributed by atoms with Crippen LogP contribution in [0.5, 0.6) is 0 Å². The van der Waals surface area contributed by atoms with Crippen LogP contribution in [0, 0.1) is 5.92 Å². The topological polar surface area (TPSA) is 61.7 Å². The second-order valence-electron chi connectivity index (χ2n) is 5.60. The Labute approximate surface area is 117 Å². The normalized spacial score (nSPS) is 27.3. The Morgan fingerprint density at radius 1 is 1.25 bits per heavy atom. The predicted octanol–water partition coefficient (Wildman–Crippen LogP) is 1.46. The van der Waals surface area contributed by atoms with Gasteiger partial charge in [-0.1, -0.05) is 19.8 Å². The van der Waals surface area contributed by atoms with Gasteiger partial charge in [-0.15, -0.1) is 0 Å². The van der Waals surface area contributed by atoms with Gasteiger partial charge in [0.25, 0.3) is 0 Å². The molecule has 0 spiro atoms. The largest absolute Gasteiger partial charge is 0.415 e. The van der Waals surface area contributed by atoms with Gasteiger partial charge in [-0.3, -0.25) is 0 Å². The first-order chi connectivity index (χ1) is 9.29. The van der Waals surface area contributed by atoms with Gasteiger partial charge in [0.05, 0.1) is 18.8 Å². The summed E-state index contributed by atoms with van der Waals surface area (Å²) < 4.78 is 41.6. The van der Waals surface area contributed by atoms with Gasteiger partial charge >= 0.3 is 6.18 Å². The summed E-state index contributed by atoms with van der Waals surface area (Å²) in [7, 11) is 0. The summed E-state index contributed by atoms with van der Waals surface area (Å²) in [6, 6.07) is 0. The predicted molar refractivity (Wildman–Crippen MR) is 68.3 cm³/mol. The van der Waals surface area contributed by atoms with Crippen molar-refractivity contribution in [2.45, 2.75) is 57.1 Å². The van der Waals surface area contributed by atoms with E-state index < -0.39 is 24.9 Å². The molecular weight excluding hydrogens is 275 g/mol. The number of ether oxygens (including phenoxy) is 1. The minimum Gasteiger partial charge on any atom is -0.389 e. The van der Waals surface area contributed by atoms with Crippen LogP contribution in [0.1, 0.15) is 32.6 Å². The SMILES string of the molecule is CC1CCCC(OCC(O)CNCC(O)C(F)(F)F)C1. The minimum absolute atomic E-state index is 0.0323. The zero-order valence-electron chi connectivity index (χ0n) is 11.7. The average molecular weight is 299 g/mol. The molecule has 0 aromatic heterocycles. The van der Waals surface area contributed by atoms with Gasteiger partial charge in [-0.05, 0) is 18.8 Å². The van der Waals surface area contributed by atoms with Gasteiger partial charge in [0.15, 0.2) is 6.10 Å². The molecule has 0 bridgehead atoms. The maximum atomic E-state index is 12.0. The van der Waals surface area contributed by atoms with Crippen LogP contribution in [0.15, 0.2) is 0 Å². The fraction of sp³-hybridized carbons (Fsp3) is 1.00. The van der Waals surface area contributed by atoms with Crippen LogP contribution >= 0.6 is 0 Å². The van der Waals surface area contributed by atoms with Crippen molar-refractivity contribution < 1.29 is 28.1 Å². The molecule has 1 rings (SSSR count). The molecule has 0 aromatic carbocycles. The van der Waals surface area contributed by atoms with Crippen LogP contribution < -0.4 is 5.32 Å². The zero-order valence-corrected chi connectivity index (χ0v) is 11.7. The Hall–Kier alpha value is -0.370. The van der Waals surface area contributed by atoms with Gasteiger partial charge in [-0.25, -0.2) is 0 Å². The molecule has 120 valence electrons. The third-order valence-electron chi connectivity index (χ3n) is 3.51. The van der Waals surface area contributed by atoms with E-state index in [-0.39, 0.29) is 19.3 Å². The first-order valence-corrected chi connectivity index (χ1v) is 7.04. The first kappa shape index (κ1) is 17.7. The molecule has 1 aliphatic rings. The van der Waals surface area contributed by atoms with Crippen LogP contribution in [0.3, 0.4) is 0 Å². The molecule has 4 unspecified atom stereocenters. The Morgan fingerprint density at radius 2 is 1.95 bits per heavy atom. The van der Waals surface area contributed by atoms with E-state index in [1.807, 2.05) is 0 Å². The number of halogens is 3. The highest BCUT2D eigenvalue weighted by Gasteiger charge is 2.37. The van der Waals surface area contributed by atoms with E-state index in [2.05, 4.69) is 12.2 Å². The Morgan fingerprint density at radius 3 is 2.55 bits per heavy atom. The highest BCUT2D eigenvalue weighted by molar-refractivity contribution is 4.72. The van der Waals surface area contributed by atoms with Gasteiger partial charge in [0.2, 0.25) is 0 Å². The number of hydrogen-bond acceptors (Lipinski definition) is 4. The van der Waals surface area contributed by atoms with Gasteiger partial charge in [0, 0.05) is 13.1 Å². The minimum atomic E-state index is -4.63. The summed E-state index contributed by atoms with van der Waals surface area (Å²) in [5.41, 5.74) is 0. The molecule has 20 heavy (non-hydrogen) atoms. The lowest BCUT2D eigenvalue weighted by Gasteiger charge is -2.27. The zero-order chi connectivity index (χ0) is 15.2. The molecule has 4 atom stereocenters. The fourth-order valence-corrected chi connectivity index (χ4v) is 2.34. The van der Waals surface area contributed by atoms with Gasteiger partial charge < -0.3 is 20.3 Å². The Kier molecular flexibility index (Phi) is 7.22.